The second-order valence-corrected chi connectivity index (χ2v) is 8.14. The van der Waals surface area contributed by atoms with Crippen LogP contribution in [-0.2, 0) is 16.4 Å². The Labute approximate surface area is 168 Å². The quantitative estimate of drug-likeness (QED) is 0.622. The van der Waals surface area contributed by atoms with Crippen molar-refractivity contribution < 1.29 is 17.6 Å². The number of hydrogen-bond donors (Lipinski definition) is 2. The fourth-order valence-corrected chi connectivity index (χ4v) is 4.02. The maximum atomic E-state index is 13.0. The van der Waals surface area contributed by atoms with Gasteiger partial charge in [0.05, 0.1) is 17.4 Å². The molecular weight excluding hydrogens is 393 g/mol. The van der Waals surface area contributed by atoms with Gasteiger partial charge in [-0.2, -0.15) is 0 Å². The van der Waals surface area contributed by atoms with Crippen molar-refractivity contribution in [3.05, 3.63) is 89.5 Å². The number of benzene rings is 2. The number of rotatable bonds is 7. The van der Waals surface area contributed by atoms with Gasteiger partial charge in [0.25, 0.3) is 15.9 Å². The molecule has 2 aromatic carbocycles. The van der Waals surface area contributed by atoms with Crippen molar-refractivity contribution in [2.45, 2.75) is 18.2 Å². The summed E-state index contributed by atoms with van der Waals surface area (Å²) in [5.74, 6) is -0.830. The predicted octanol–water partition coefficient (Wildman–Crippen LogP) is 3.30. The molecule has 0 saturated carbocycles. The number of anilines is 1. The summed E-state index contributed by atoms with van der Waals surface area (Å²) in [6.07, 6.45) is 3.50. The number of nitrogens with zero attached hydrogens (tertiary/aromatic N) is 1. The van der Waals surface area contributed by atoms with Gasteiger partial charge in [-0.05, 0) is 54.8 Å². The summed E-state index contributed by atoms with van der Waals surface area (Å²) in [4.78, 5) is 16.4. The first-order chi connectivity index (χ1) is 13.8. The summed E-state index contributed by atoms with van der Waals surface area (Å²) in [5, 5.41) is 2.71. The lowest BCUT2D eigenvalue weighted by Crippen LogP contribution is -2.28. The summed E-state index contributed by atoms with van der Waals surface area (Å²) >= 11 is 0. The van der Waals surface area contributed by atoms with E-state index in [0.717, 1.165) is 11.1 Å². The monoisotopic (exact) mass is 413 g/mol. The summed E-state index contributed by atoms with van der Waals surface area (Å²) in [6.45, 7) is 2.08. The van der Waals surface area contributed by atoms with Crippen LogP contribution in [0, 0.1) is 12.7 Å². The normalized spacial score (nSPS) is 11.1. The van der Waals surface area contributed by atoms with E-state index in [4.69, 9.17) is 0 Å². The van der Waals surface area contributed by atoms with Crippen LogP contribution in [0.4, 0.5) is 10.1 Å². The van der Waals surface area contributed by atoms with Crippen molar-refractivity contribution >= 4 is 21.6 Å². The molecular formula is C21H20FN3O3S. The molecule has 0 radical (unpaired) electrons. The maximum Gasteiger partial charge on any atom is 0.262 e. The Balaban J connectivity index is 1.73. The maximum absolute atomic E-state index is 13.0. The van der Waals surface area contributed by atoms with Gasteiger partial charge in [-0.1, -0.05) is 24.3 Å². The van der Waals surface area contributed by atoms with Gasteiger partial charge >= 0.3 is 0 Å². The second kappa shape index (κ2) is 8.83. The Morgan fingerprint density at radius 2 is 1.79 bits per heavy atom. The molecule has 0 spiro atoms. The lowest BCUT2D eigenvalue weighted by molar-refractivity contribution is 0.0951. The van der Waals surface area contributed by atoms with Gasteiger partial charge in [-0.15, -0.1) is 0 Å². The van der Waals surface area contributed by atoms with E-state index in [1.54, 1.807) is 43.5 Å². The number of sulfonamides is 1. The first-order valence-corrected chi connectivity index (χ1v) is 10.4. The third-order valence-corrected chi connectivity index (χ3v) is 5.60. The molecule has 1 heterocycles. The fraction of sp³-hybridized carbons (Fsp3) is 0.143. The Morgan fingerprint density at radius 3 is 2.52 bits per heavy atom. The Bertz CT molecular complexity index is 1120. The van der Waals surface area contributed by atoms with Crippen LogP contribution in [0.5, 0.6) is 0 Å². The fourth-order valence-electron chi connectivity index (χ4n) is 2.78. The molecule has 2 N–H and O–H groups in total. The van der Waals surface area contributed by atoms with Crippen LogP contribution in [0.25, 0.3) is 0 Å². The molecule has 150 valence electrons. The van der Waals surface area contributed by atoms with Crippen LogP contribution in [0.1, 0.15) is 21.5 Å². The van der Waals surface area contributed by atoms with Gasteiger partial charge in [0, 0.05) is 12.7 Å². The van der Waals surface area contributed by atoms with Crippen molar-refractivity contribution in [3.63, 3.8) is 0 Å². The highest BCUT2D eigenvalue weighted by Gasteiger charge is 2.22. The number of halogens is 1. The molecule has 3 rings (SSSR count). The second-order valence-electron chi connectivity index (χ2n) is 6.48. The van der Waals surface area contributed by atoms with Gasteiger partial charge in [0.1, 0.15) is 10.7 Å². The average Bonchev–Trinajstić information content (AvgIpc) is 2.69. The summed E-state index contributed by atoms with van der Waals surface area (Å²) < 4.78 is 41.0. The highest BCUT2D eigenvalue weighted by molar-refractivity contribution is 7.92. The largest absolute Gasteiger partial charge is 0.352 e. The molecule has 1 aromatic heterocycles. The lowest BCUT2D eigenvalue weighted by Gasteiger charge is -2.12. The topological polar surface area (TPSA) is 88.2 Å². The number of aryl methyl sites for hydroxylation is 1. The van der Waals surface area contributed by atoms with Crippen LogP contribution in [0.2, 0.25) is 0 Å². The highest BCUT2D eigenvalue weighted by Crippen LogP contribution is 2.20. The van der Waals surface area contributed by atoms with E-state index in [1.807, 2.05) is 0 Å². The molecule has 0 unspecified atom stereocenters. The van der Waals surface area contributed by atoms with Crippen LogP contribution < -0.4 is 10.0 Å². The van der Waals surface area contributed by atoms with Crippen molar-refractivity contribution in [3.8, 4) is 0 Å². The highest BCUT2D eigenvalue weighted by atomic mass is 32.2. The predicted molar refractivity (Wildman–Crippen MR) is 109 cm³/mol. The average molecular weight is 413 g/mol. The molecule has 0 aliphatic heterocycles. The zero-order valence-electron chi connectivity index (χ0n) is 15.7. The number of carbonyl (C=O) groups excluding carboxylic acids is 1. The van der Waals surface area contributed by atoms with E-state index >= 15 is 0 Å². The molecule has 29 heavy (non-hydrogen) atoms. The number of pyridine rings is 1. The van der Waals surface area contributed by atoms with Gasteiger partial charge < -0.3 is 5.32 Å². The van der Waals surface area contributed by atoms with Crippen LogP contribution in [0.3, 0.4) is 0 Å². The molecule has 0 saturated heterocycles. The summed E-state index contributed by atoms with van der Waals surface area (Å²) in [6, 6.07) is 13.6. The van der Waals surface area contributed by atoms with E-state index in [9.17, 15) is 17.6 Å². The molecule has 1 amide bonds. The molecule has 0 aliphatic carbocycles. The molecule has 0 atom stereocenters. The Hall–Kier alpha value is -3.26. The number of carbonyl (C=O) groups is 1. The minimum Gasteiger partial charge on any atom is -0.352 e. The summed E-state index contributed by atoms with van der Waals surface area (Å²) in [7, 11) is -3.98. The minimum absolute atomic E-state index is 0.0414. The van der Waals surface area contributed by atoms with Gasteiger partial charge in [0.2, 0.25) is 0 Å². The van der Waals surface area contributed by atoms with Crippen molar-refractivity contribution in [2.75, 3.05) is 11.3 Å². The van der Waals surface area contributed by atoms with Gasteiger partial charge in [-0.25, -0.2) is 12.8 Å². The molecule has 0 bridgehead atoms. The standard InChI is InChI=1S/C21H20FN3O3S/c1-15-12-18(14-23-13-15)25-29(27,28)20-5-3-2-4-19(20)21(26)24-11-10-16-6-8-17(22)9-7-16/h2-9,12-14,25H,10-11H2,1H3,(H,24,26). The lowest BCUT2D eigenvalue weighted by atomic mass is 10.1. The van der Waals surface area contributed by atoms with Gasteiger partial charge in [0.15, 0.2) is 0 Å². The number of hydrogen-bond acceptors (Lipinski definition) is 4. The Morgan fingerprint density at radius 1 is 1.07 bits per heavy atom. The molecule has 8 heteroatoms. The first-order valence-electron chi connectivity index (χ1n) is 8.91. The van der Waals surface area contributed by atoms with Crippen LogP contribution in [0.15, 0.2) is 71.9 Å². The van der Waals surface area contributed by atoms with Crippen LogP contribution >= 0.6 is 0 Å². The van der Waals surface area contributed by atoms with E-state index in [2.05, 4.69) is 15.0 Å². The SMILES string of the molecule is Cc1cncc(NS(=O)(=O)c2ccccc2C(=O)NCCc2ccc(F)cc2)c1. The zero-order valence-corrected chi connectivity index (χ0v) is 16.5. The molecule has 0 fully saturated rings. The third-order valence-electron chi connectivity index (χ3n) is 4.16. The summed E-state index contributed by atoms with van der Waals surface area (Å²) in [5.41, 5.74) is 2.02. The van der Waals surface area contributed by atoms with E-state index in [-0.39, 0.29) is 22.8 Å². The smallest absolute Gasteiger partial charge is 0.262 e. The van der Waals surface area contributed by atoms with E-state index < -0.39 is 15.9 Å². The molecule has 3 aromatic rings. The van der Waals surface area contributed by atoms with Crippen molar-refractivity contribution in [2.24, 2.45) is 0 Å². The molecule has 6 nitrogen and oxygen atoms in total. The van der Waals surface area contributed by atoms with Crippen molar-refractivity contribution in [1.29, 1.82) is 0 Å². The van der Waals surface area contributed by atoms with E-state index in [1.165, 1.54) is 30.5 Å². The number of nitrogens with one attached hydrogen (secondary N) is 2. The third kappa shape index (κ3) is 5.39. The Kier molecular flexibility index (Phi) is 6.23. The van der Waals surface area contributed by atoms with Gasteiger partial charge in [-0.3, -0.25) is 14.5 Å². The first kappa shape index (κ1) is 20.5. The zero-order chi connectivity index (χ0) is 20.9. The number of amides is 1. The van der Waals surface area contributed by atoms with E-state index in [0.29, 0.717) is 12.1 Å². The van der Waals surface area contributed by atoms with Crippen LogP contribution in [-0.4, -0.2) is 25.9 Å². The number of aromatic nitrogens is 1. The minimum atomic E-state index is -3.98. The molecule has 0 aliphatic rings. The van der Waals surface area contributed by atoms with Crippen molar-refractivity contribution in [1.82, 2.24) is 10.3 Å².